The second-order valence-electron chi connectivity index (χ2n) is 5.15. The predicted octanol–water partition coefficient (Wildman–Crippen LogP) is 4.29. The Morgan fingerprint density at radius 3 is 2.48 bits per heavy atom. The summed E-state index contributed by atoms with van der Waals surface area (Å²) in [5.41, 5.74) is 1.43. The van der Waals surface area contributed by atoms with Crippen molar-refractivity contribution < 1.29 is 13.6 Å². The molecule has 0 unspecified atom stereocenters. The topological polar surface area (TPSA) is 54.9 Å². The van der Waals surface area contributed by atoms with Gasteiger partial charge in [-0.05, 0) is 23.3 Å². The molecular formula is C17H13F2N3OS2. The van der Waals surface area contributed by atoms with E-state index in [4.69, 9.17) is 0 Å². The molecule has 1 N–H and O–H groups in total. The van der Waals surface area contributed by atoms with Crippen molar-refractivity contribution in [3.8, 4) is 0 Å². The fourth-order valence-electron chi connectivity index (χ4n) is 2.10. The molecule has 0 saturated carbocycles. The van der Waals surface area contributed by atoms with Crippen LogP contribution in [-0.4, -0.2) is 16.1 Å². The highest BCUT2D eigenvalue weighted by Crippen LogP contribution is 2.28. The molecule has 0 aliphatic heterocycles. The Labute approximate surface area is 151 Å². The molecule has 0 radical (unpaired) electrons. The van der Waals surface area contributed by atoms with Gasteiger partial charge in [-0.3, -0.25) is 4.79 Å². The van der Waals surface area contributed by atoms with Crippen molar-refractivity contribution in [2.75, 3.05) is 5.32 Å². The van der Waals surface area contributed by atoms with Gasteiger partial charge in [-0.2, -0.15) is 0 Å². The fraction of sp³-hybridized carbons (Fsp3) is 0.118. The largest absolute Gasteiger partial charge is 0.300 e. The van der Waals surface area contributed by atoms with Crippen molar-refractivity contribution in [1.82, 2.24) is 10.2 Å². The molecule has 0 atom stereocenters. The Kier molecular flexibility index (Phi) is 5.72. The molecule has 0 saturated heterocycles. The van der Waals surface area contributed by atoms with Crippen LogP contribution in [0.25, 0.3) is 0 Å². The van der Waals surface area contributed by atoms with Gasteiger partial charge >= 0.3 is 0 Å². The Morgan fingerprint density at radius 2 is 1.76 bits per heavy atom. The lowest BCUT2D eigenvalue weighted by Crippen LogP contribution is -2.14. The van der Waals surface area contributed by atoms with Crippen molar-refractivity contribution in [3.05, 3.63) is 71.3 Å². The molecule has 0 fully saturated rings. The van der Waals surface area contributed by atoms with E-state index in [2.05, 4.69) is 15.5 Å². The molecule has 0 bridgehead atoms. The Balaban J connectivity index is 1.54. The number of carbonyl (C=O) groups excluding carboxylic acids is 1. The molecule has 4 nitrogen and oxygen atoms in total. The van der Waals surface area contributed by atoms with Gasteiger partial charge in [0.2, 0.25) is 11.0 Å². The Bertz CT molecular complexity index is 851. The minimum atomic E-state index is -0.610. The summed E-state index contributed by atoms with van der Waals surface area (Å²) in [6, 6.07) is 12.8. The van der Waals surface area contributed by atoms with Crippen molar-refractivity contribution in [3.63, 3.8) is 0 Å². The summed E-state index contributed by atoms with van der Waals surface area (Å²) in [5, 5.41) is 11.0. The molecule has 0 aliphatic carbocycles. The van der Waals surface area contributed by atoms with Crippen molar-refractivity contribution in [2.24, 2.45) is 0 Å². The van der Waals surface area contributed by atoms with Crippen LogP contribution in [0.3, 0.4) is 0 Å². The molecule has 0 aliphatic rings. The summed E-state index contributed by atoms with van der Waals surface area (Å²) < 4.78 is 26.9. The zero-order valence-electron chi connectivity index (χ0n) is 12.9. The smallest absolute Gasteiger partial charge is 0.230 e. The van der Waals surface area contributed by atoms with E-state index in [1.165, 1.54) is 35.2 Å². The lowest BCUT2D eigenvalue weighted by Gasteiger charge is -2.01. The van der Waals surface area contributed by atoms with Gasteiger partial charge in [0.25, 0.3) is 0 Å². The van der Waals surface area contributed by atoms with Crippen LogP contribution in [0.1, 0.15) is 11.1 Å². The summed E-state index contributed by atoms with van der Waals surface area (Å²) in [4.78, 5) is 12.0. The van der Waals surface area contributed by atoms with Gasteiger partial charge in [0.1, 0.15) is 11.6 Å². The number of benzene rings is 2. The van der Waals surface area contributed by atoms with E-state index in [0.717, 1.165) is 11.6 Å². The van der Waals surface area contributed by atoms with Gasteiger partial charge in [-0.25, -0.2) is 8.78 Å². The molecule has 1 amide bonds. The first-order chi connectivity index (χ1) is 12.1. The number of nitrogens with zero attached hydrogens (tertiary/aromatic N) is 2. The van der Waals surface area contributed by atoms with Crippen LogP contribution in [0.15, 0.2) is 52.9 Å². The number of aromatic nitrogens is 2. The third-order valence-corrected chi connectivity index (χ3v) is 5.19. The zero-order chi connectivity index (χ0) is 17.6. The van der Waals surface area contributed by atoms with Crippen molar-refractivity contribution >= 4 is 34.1 Å². The summed E-state index contributed by atoms with van der Waals surface area (Å²) >= 11 is 2.52. The van der Waals surface area contributed by atoms with E-state index in [1.54, 1.807) is 0 Å². The van der Waals surface area contributed by atoms with Gasteiger partial charge in [0.05, 0.1) is 6.42 Å². The van der Waals surface area contributed by atoms with Gasteiger partial charge < -0.3 is 5.32 Å². The Morgan fingerprint density at radius 1 is 1.04 bits per heavy atom. The van der Waals surface area contributed by atoms with Gasteiger partial charge in [-0.15, -0.1) is 10.2 Å². The van der Waals surface area contributed by atoms with Crippen molar-refractivity contribution in [2.45, 2.75) is 16.5 Å². The highest BCUT2D eigenvalue weighted by atomic mass is 32.2. The van der Waals surface area contributed by atoms with E-state index in [0.29, 0.717) is 20.8 Å². The maximum Gasteiger partial charge on any atom is 0.230 e. The standard InChI is InChI=1S/C17H13F2N3OS2/c18-13-6-12(7-14(19)9-13)10-24-17-22-21-16(25-17)20-15(23)8-11-4-2-1-3-5-11/h1-7,9H,8,10H2,(H,20,21,23). The second kappa shape index (κ2) is 8.17. The maximum atomic E-state index is 13.2. The molecule has 128 valence electrons. The summed E-state index contributed by atoms with van der Waals surface area (Å²) in [6.45, 7) is 0. The third-order valence-electron chi connectivity index (χ3n) is 3.14. The zero-order valence-corrected chi connectivity index (χ0v) is 14.5. The number of hydrogen-bond acceptors (Lipinski definition) is 5. The van der Waals surface area contributed by atoms with E-state index in [1.807, 2.05) is 30.3 Å². The first-order valence-corrected chi connectivity index (χ1v) is 9.14. The first-order valence-electron chi connectivity index (χ1n) is 7.33. The fourth-order valence-corrected chi connectivity index (χ4v) is 3.80. The average Bonchev–Trinajstić information content (AvgIpc) is 3.00. The van der Waals surface area contributed by atoms with E-state index in [-0.39, 0.29) is 12.3 Å². The molecule has 8 heteroatoms. The van der Waals surface area contributed by atoms with Crippen LogP contribution in [0, 0.1) is 11.6 Å². The monoisotopic (exact) mass is 377 g/mol. The number of halogens is 2. The SMILES string of the molecule is O=C(Cc1ccccc1)Nc1nnc(SCc2cc(F)cc(F)c2)s1. The Hall–Kier alpha value is -2.32. The molecule has 2 aromatic carbocycles. The molecule has 3 rings (SSSR count). The molecule has 25 heavy (non-hydrogen) atoms. The number of carbonyl (C=O) groups is 1. The number of anilines is 1. The van der Waals surface area contributed by atoms with E-state index < -0.39 is 11.6 Å². The molecule has 3 aromatic rings. The molecule has 1 heterocycles. The molecule has 1 aromatic heterocycles. The normalized spacial score (nSPS) is 10.6. The summed E-state index contributed by atoms with van der Waals surface area (Å²) in [7, 11) is 0. The number of rotatable bonds is 6. The quantitative estimate of drug-likeness (QED) is 0.514. The second-order valence-corrected chi connectivity index (χ2v) is 7.35. The van der Waals surface area contributed by atoms with E-state index in [9.17, 15) is 13.6 Å². The van der Waals surface area contributed by atoms with E-state index >= 15 is 0 Å². The van der Waals surface area contributed by atoms with Crippen LogP contribution in [0.4, 0.5) is 13.9 Å². The number of amides is 1. The van der Waals surface area contributed by atoms with Gasteiger partial charge in [0.15, 0.2) is 4.34 Å². The average molecular weight is 377 g/mol. The lowest BCUT2D eigenvalue weighted by molar-refractivity contribution is -0.115. The van der Waals surface area contributed by atoms with Crippen molar-refractivity contribution in [1.29, 1.82) is 0 Å². The van der Waals surface area contributed by atoms with Crippen LogP contribution in [-0.2, 0) is 17.0 Å². The van der Waals surface area contributed by atoms with Crippen LogP contribution < -0.4 is 5.32 Å². The minimum Gasteiger partial charge on any atom is -0.300 e. The number of thioether (sulfide) groups is 1. The van der Waals surface area contributed by atoms with Crippen LogP contribution in [0.5, 0.6) is 0 Å². The van der Waals surface area contributed by atoms with Gasteiger partial charge in [0, 0.05) is 11.8 Å². The molecular weight excluding hydrogens is 364 g/mol. The maximum absolute atomic E-state index is 13.2. The highest BCUT2D eigenvalue weighted by molar-refractivity contribution is 8.00. The lowest BCUT2D eigenvalue weighted by atomic mass is 10.1. The van der Waals surface area contributed by atoms with Crippen LogP contribution >= 0.6 is 23.1 Å². The number of hydrogen-bond donors (Lipinski definition) is 1. The predicted molar refractivity (Wildman–Crippen MR) is 94.6 cm³/mol. The van der Waals surface area contributed by atoms with Crippen LogP contribution in [0.2, 0.25) is 0 Å². The summed E-state index contributed by atoms with van der Waals surface area (Å²) in [5.74, 6) is -1.03. The first kappa shape index (κ1) is 17.5. The molecule has 0 spiro atoms. The summed E-state index contributed by atoms with van der Waals surface area (Å²) in [6.07, 6.45) is 0.255. The number of nitrogens with one attached hydrogen (secondary N) is 1. The van der Waals surface area contributed by atoms with Gasteiger partial charge in [-0.1, -0.05) is 53.4 Å². The minimum absolute atomic E-state index is 0.175. The highest BCUT2D eigenvalue weighted by Gasteiger charge is 2.10. The third kappa shape index (κ3) is 5.33.